The summed E-state index contributed by atoms with van der Waals surface area (Å²) in [6.07, 6.45) is 1.91. The number of hydrogen-bond donors (Lipinski definition) is 2. The molecule has 1 amide bonds. The molecule has 5 nitrogen and oxygen atoms in total. The molecule has 0 atom stereocenters. The SMILES string of the molecule is CNC(=O)c1cccc(NCc2cc(C#N)n(C)c2)c1. The molecule has 0 saturated carbocycles. The minimum absolute atomic E-state index is 0.111. The zero-order valence-electron chi connectivity index (χ0n) is 11.5. The third-order valence-electron chi connectivity index (χ3n) is 3.02. The van der Waals surface area contributed by atoms with Crippen molar-refractivity contribution in [2.24, 2.45) is 7.05 Å². The van der Waals surface area contributed by atoms with Crippen LogP contribution in [0.2, 0.25) is 0 Å². The van der Waals surface area contributed by atoms with Gasteiger partial charge in [0, 0.05) is 38.1 Å². The lowest BCUT2D eigenvalue weighted by atomic mass is 10.2. The molecule has 2 N–H and O–H groups in total. The smallest absolute Gasteiger partial charge is 0.251 e. The van der Waals surface area contributed by atoms with Gasteiger partial charge in [-0.15, -0.1) is 0 Å². The van der Waals surface area contributed by atoms with E-state index in [1.165, 1.54) is 0 Å². The Labute approximate surface area is 117 Å². The van der Waals surface area contributed by atoms with Crippen LogP contribution >= 0.6 is 0 Å². The van der Waals surface area contributed by atoms with E-state index in [0.29, 0.717) is 17.8 Å². The number of hydrogen-bond acceptors (Lipinski definition) is 3. The Morgan fingerprint density at radius 3 is 2.85 bits per heavy atom. The van der Waals surface area contributed by atoms with Crippen LogP contribution in [0.25, 0.3) is 0 Å². The van der Waals surface area contributed by atoms with Crippen molar-refractivity contribution in [3.63, 3.8) is 0 Å². The second-order valence-corrected chi connectivity index (χ2v) is 4.47. The van der Waals surface area contributed by atoms with Gasteiger partial charge in [0.2, 0.25) is 0 Å². The summed E-state index contributed by atoms with van der Waals surface area (Å²) in [5, 5.41) is 14.7. The summed E-state index contributed by atoms with van der Waals surface area (Å²) in [7, 11) is 3.45. The normalized spacial score (nSPS) is 9.85. The first-order chi connectivity index (χ1) is 9.63. The summed E-state index contributed by atoms with van der Waals surface area (Å²) in [5.74, 6) is -0.111. The predicted molar refractivity (Wildman–Crippen MR) is 77.3 cm³/mol. The molecule has 0 fully saturated rings. The van der Waals surface area contributed by atoms with E-state index in [1.807, 2.05) is 31.4 Å². The fraction of sp³-hybridized carbons (Fsp3) is 0.200. The minimum atomic E-state index is -0.111. The summed E-state index contributed by atoms with van der Waals surface area (Å²) in [6, 6.07) is 11.3. The van der Waals surface area contributed by atoms with Crippen LogP contribution in [-0.2, 0) is 13.6 Å². The average Bonchev–Trinajstić information content (AvgIpc) is 2.85. The topological polar surface area (TPSA) is 69.8 Å². The van der Waals surface area contributed by atoms with Crippen molar-refractivity contribution in [3.05, 3.63) is 53.3 Å². The van der Waals surface area contributed by atoms with E-state index in [-0.39, 0.29) is 5.91 Å². The highest BCUT2D eigenvalue weighted by atomic mass is 16.1. The van der Waals surface area contributed by atoms with Gasteiger partial charge in [-0.05, 0) is 29.8 Å². The number of nitriles is 1. The lowest BCUT2D eigenvalue weighted by molar-refractivity contribution is 0.0963. The molecule has 5 heteroatoms. The highest BCUT2D eigenvalue weighted by molar-refractivity contribution is 5.94. The molecule has 2 rings (SSSR count). The molecular weight excluding hydrogens is 252 g/mol. The Kier molecular flexibility index (Phi) is 4.06. The van der Waals surface area contributed by atoms with E-state index >= 15 is 0 Å². The summed E-state index contributed by atoms with van der Waals surface area (Å²) in [5.41, 5.74) is 3.13. The lowest BCUT2D eigenvalue weighted by Gasteiger charge is -2.07. The predicted octanol–water partition coefficient (Wildman–Crippen LogP) is 1.87. The number of aromatic nitrogens is 1. The van der Waals surface area contributed by atoms with E-state index in [9.17, 15) is 4.79 Å². The largest absolute Gasteiger partial charge is 0.381 e. The first kappa shape index (κ1) is 13.7. The van der Waals surface area contributed by atoms with Crippen molar-refractivity contribution in [1.29, 1.82) is 5.26 Å². The van der Waals surface area contributed by atoms with Gasteiger partial charge >= 0.3 is 0 Å². The maximum absolute atomic E-state index is 11.5. The number of benzene rings is 1. The number of nitrogens with zero attached hydrogens (tertiary/aromatic N) is 2. The second-order valence-electron chi connectivity index (χ2n) is 4.47. The van der Waals surface area contributed by atoms with Gasteiger partial charge in [0.05, 0.1) is 0 Å². The standard InChI is InChI=1S/C15H16N4O/c1-17-15(20)12-4-3-5-13(7-12)18-9-11-6-14(8-16)19(2)10-11/h3-7,10,18H,9H2,1-2H3,(H,17,20). The first-order valence-corrected chi connectivity index (χ1v) is 6.25. The van der Waals surface area contributed by atoms with E-state index < -0.39 is 0 Å². The van der Waals surface area contributed by atoms with Crippen LogP contribution in [0.4, 0.5) is 5.69 Å². The van der Waals surface area contributed by atoms with Crippen LogP contribution in [-0.4, -0.2) is 17.5 Å². The van der Waals surface area contributed by atoms with Gasteiger partial charge < -0.3 is 15.2 Å². The molecule has 0 radical (unpaired) electrons. The summed E-state index contributed by atoms with van der Waals surface area (Å²) in [6.45, 7) is 0.604. The first-order valence-electron chi connectivity index (χ1n) is 6.25. The lowest BCUT2D eigenvalue weighted by Crippen LogP contribution is -2.17. The third kappa shape index (κ3) is 2.98. The Hall–Kier alpha value is -2.74. The van der Waals surface area contributed by atoms with Crippen molar-refractivity contribution in [3.8, 4) is 6.07 Å². The second kappa shape index (κ2) is 5.93. The van der Waals surface area contributed by atoms with E-state index in [0.717, 1.165) is 11.3 Å². The van der Waals surface area contributed by atoms with Crippen LogP contribution in [0.5, 0.6) is 0 Å². The van der Waals surface area contributed by atoms with E-state index in [1.54, 1.807) is 23.7 Å². The Balaban J connectivity index is 2.07. The van der Waals surface area contributed by atoms with Gasteiger partial charge in [-0.25, -0.2) is 0 Å². The fourth-order valence-electron chi connectivity index (χ4n) is 1.96. The quantitative estimate of drug-likeness (QED) is 0.889. The monoisotopic (exact) mass is 268 g/mol. The van der Waals surface area contributed by atoms with Gasteiger partial charge in [0.1, 0.15) is 11.8 Å². The number of carbonyl (C=O) groups is 1. The number of rotatable bonds is 4. The molecule has 0 saturated heterocycles. The molecule has 0 spiro atoms. The maximum atomic E-state index is 11.5. The van der Waals surface area contributed by atoms with Crippen molar-refractivity contribution >= 4 is 11.6 Å². The van der Waals surface area contributed by atoms with Crippen LogP contribution in [0, 0.1) is 11.3 Å². The molecule has 0 bridgehead atoms. The molecule has 102 valence electrons. The maximum Gasteiger partial charge on any atom is 0.251 e. The molecular formula is C15H16N4O. The summed E-state index contributed by atoms with van der Waals surface area (Å²) >= 11 is 0. The van der Waals surface area contributed by atoms with E-state index in [4.69, 9.17) is 5.26 Å². The molecule has 1 heterocycles. The zero-order valence-corrected chi connectivity index (χ0v) is 11.5. The molecule has 1 aromatic carbocycles. The van der Waals surface area contributed by atoms with Crippen LogP contribution in [0.15, 0.2) is 36.5 Å². The molecule has 0 unspecified atom stereocenters. The van der Waals surface area contributed by atoms with Crippen molar-refractivity contribution in [1.82, 2.24) is 9.88 Å². The molecule has 20 heavy (non-hydrogen) atoms. The van der Waals surface area contributed by atoms with Gasteiger partial charge in [0.15, 0.2) is 0 Å². The molecule has 0 aliphatic rings. The van der Waals surface area contributed by atoms with Crippen molar-refractivity contribution in [2.75, 3.05) is 12.4 Å². The Morgan fingerprint density at radius 2 is 2.20 bits per heavy atom. The summed E-state index contributed by atoms with van der Waals surface area (Å²) < 4.78 is 1.79. The summed E-state index contributed by atoms with van der Waals surface area (Å²) in [4.78, 5) is 11.5. The number of anilines is 1. The Bertz CT molecular complexity index is 667. The van der Waals surface area contributed by atoms with Crippen LogP contribution in [0.3, 0.4) is 0 Å². The van der Waals surface area contributed by atoms with Gasteiger partial charge in [0.25, 0.3) is 5.91 Å². The molecule has 0 aliphatic carbocycles. The van der Waals surface area contributed by atoms with Crippen molar-refractivity contribution in [2.45, 2.75) is 6.54 Å². The zero-order chi connectivity index (χ0) is 14.5. The highest BCUT2D eigenvalue weighted by Crippen LogP contribution is 2.13. The van der Waals surface area contributed by atoms with Gasteiger partial charge in [-0.3, -0.25) is 4.79 Å². The highest BCUT2D eigenvalue weighted by Gasteiger charge is 2.05. The Morgan fingerprint density at radius 1 is 1.40 bits per heavy atom. The fourth-order valence-corrected chi connectivity index (χ4v) is 1.96. The average molecular weight is 268 g/mol. The van der Waals surface area contributed by atoms with Crippen LogP contribution in [0.1, 0.15) is 21.6 Å². The minimum Gasteiger partial charge on any atom is -0.381 e. The number of amides is 1. The van der Waals surface area contributed by atoms with Gasteiger partial charge in [-0.2, -0.15) is 5.26 Å². The van der Waals surface area contributed by atoms with Crippen molar-refractivity contribution < 1.29 is 4.79 Å². The molecule has 0 aliphatic heterocycles. The molecule has 2 aromatic rings. The van der Waals surface area contributed by atoms with Crippen LogP contribution < -0.4 is 10.6 Å². The third-order valence-corrected chi connectivity index (χ3v) is 3.02. The number of aryl methyl sites for hydroxylation is 1. The van der Waals surface area contributed by atoms with Gasteiger partial charge in [-0.1, -0.05) is 6.07 Å². The molecule has 1 aromatic heterocycles. The van der Waals surface area contributed by atoms with E-state index in [2.05, 4.69) is 16.7 Å². The number of nitrogens with one attached hydrogen (secondary N) is 2. The number of carbonyl (C=O) groups excluding carboxylic acids is 1.